The third kappa shape index (κ3) is 5.40. The predicted octanol–water partition coefficient (Wildman–Crippen LogP) is 5.49. The summed E-state index contributed by atoms with van der Waals surface area (Å²) < 4.78 is 5.61. The van der Waals surface area contributed by atoms with E-state index in [-0.39, 0.29) is 5.78 Å². The van der Waals surface area contributed by atoms with Crippen molar-refractivity contribution >= 4 is 23.1 Å². The summed E-state index contributed by atoms with van der Waals surface area (Å²) in [5.74, 6) is 1.40. The second kappa shape index (κ2) is 10.3. The molecule has 1 fully saturated rings. The number of carbonyl (C=O) groups is 1. The lowest BCUT2D eigenvalue weighted by molar-refractivity contribution is -0.114. The zero-order valence-corrected chi connectivity index (χ0v) is 19.3. The molecular weight excluding hydrogens is 412 g/mol. The number of ketones is 1. The Balaban J connectivity index is 1.60. The Morgan fingerprint density at radius 1 is 1.18 bits per heavy atom. The van der Waals surface area contributed by atoms with Crippen molar-refractivity contribution in [2.24, 2.45) is 0 Å². The first-order chi connectivity index (χ1) is 16.1. The SMILES string of the molecule is C=CC(=O)Cc1cccc(-c2nc(Nc3ccc(OC)c(N4CCCCC4)c3)ncc2C)c1. The van der Waals surface area contributed by atoms with Gasteiger partial charge in [0.25, 0.3) is 0 Å². The first kappa shape index (κ1) is 22.5. The van der Waals surface area contributed by atoms with E-state index in [1.165, 1.54) is 25.3 Å². The van der Waals surface area contributed by atoms with Crippen molar-refractivity contribution in [1.29, 1.82) is 0 Å². The Kier molecular flexibility index (Phi) is 7.03. The summed E-state index contributed by atoms with van der Waals surface area (Å²) in [6.07, 6.45) is 7.18. The van der Waals surface area contributed by atoms with Crippen molar-refractivity contribution < 1.29 is 9.53 Å². The quantitative estimate of drug-likeness (QED) is 0.465. The molecule has 3 aromatic rings. The van der Waals surface area contributed by atoms with Crippen LogP contribution in [0, 0.1) is 6.92 Å². The number of anilines is 3. The maximum absolute atomic E-state index is 11.8. The monoisotopic (exact) mass is 442 g/mol. The molecule has 0 amide bonds. The largest absolute Gasteiger partial charge is 0.495 e. The number of nitrogens with one attached hydrogen (secondary N) is 1. The minimum absolute atomic E-state index is 0.00192. The third-order valence-corrected chi connectivity index (χ3v) is 5.91. The number of methoxy groups -OCH3 is 1. The van der Waals surface area contributed by atoms with Crippen molar-refractivity contribution in [3.05, 3.63) is 72.4 Å². The van der Waals surface area contributed by atoms with E-state index in [2.05, 4.69) is 27.8 Å². The van der Waals surface area contributed by atoms with E-state index < -0.39 is 0 Å². The topological polar surface area (TPSA) is 67.3 Å². The number of allylic oxidation sites excluding steroid dienone is 1. The van der Waals surface area contributed by atoms with Gasteiger partial charge in [-0.2, -0.15) is 0 Å². The molecule has 0 radical (unpaired) electrons. The molecule has 2 aromatic carbocycles. The van der Waals surface area contributed by atoms with Crippen LogP contribution in [0.3, 0.4) is 0 Å². The minimum atomic E-state index is -0.00192. The third-order valence-electron chi connectivity index (χ3n) is 5.91. The number of carbonyl (C=O) groups excluding carboxylic acids is 1. The van der Waals surface area contributed by atoms with Crippen LogP contribution in [0.15, 0.2) is 61.3 Å². The Hall–Kier alpha value is -3.67. The summed E-state index contributed by atoms with van der Waals surface area (Å²) in [5, 5.41) is 3.36. The molecule has 1 aliphatic rings. The van der Waals surface area contributed by atoms with E-state index in [0.29, 0.717) is 12.4 Å². The fourth-order valence-corrected chi connectivity index (χ4v) is 4.18. The first-order valence-electron chi connectivity index (χ1n) is 11.4. The number of ether oxygens (including phenoxy) is 1. The average Bonchev–Trinajstić information content (AvgIpc) is 2.85. The molecule has 1 saturated heterocycles. The summed E-state index contributed by atoms with van der Waals surface area (Å²) in [7, 11) is 1.71. The molecule has 6 nitrogen and oxygen atoms in total. The maximum atomic E-state index is 11.8. The lowest BCUT2D eigenvalue weighted by Gasteiger charge is -2.30. The van der Waals surface area contributed by atoms with Gasteiger partial charge in [0.15, 0.2) is 5.78 Å². The van der Waals surface area contributed by atoms with Crippen molar-refractivity contribution in [3.8, 4) is 17.0 Å². The van der Waals surface area contributed by atoms with Crippen molar-refractivity contribution in [2.75, 3.05) is 30.4 Å². The zero-order valence-electron chi connectivity index (χ0n) is 19.3. The van der Waals surface area contributed by atoms with Gasteiger partial charge in [0.1, 0.15) is 5.75 Å². The average molecular weight is 443 g/mol. The van der Waals surface area contributed by atoms with Crippen molar-refractivity contribution in [1.82, 2.24) is 9.97 Å². The molecule has 0 spiro atoms. The van der Waals surface area contributed by atoms with E-state index in [9.17, 15) is 4.79 Å². The summed E-state index contributed by atoms with van der Waals surface area (Å²) in [5.41, 5.74) is 5.70. The highest BCUT2D eigenvalue weighted by atomic mass is 16.5. The number of aromatic nitrogens is 2. The van der Waals surface area contributed by atoms with Crippen LogP contribution in [-0.2, 0) is 11.2 Å². The van der Waals surface area contributed by atoms with Gasteiger partial charge in [-0.3, -0.25) is 4.79 Å². The molecule has 1 N–H and O–H groups in total. The van der Waals surface area contributed by atoms with Crippen LogP contribution in [0.5, 0.6) is 5.75 Å². The lowest BCUT2D eigenvalue weighted by atomic mass is 10.0. The fourth-order valence-electron chi connectivity index (χ4n) is 4.18. The van der Waals surface area contributed by atoms with Gasteiger partial charge in [-0.1, -0.05) is 24.8 Å². The first-order valence-corrected chi connectivity index (χ1v) is 11.4. The Morgan fingerprint density at radius 3 is 2.76 bits per heavy atom. The Bertz CT molecular complexity index is 1150. The molecule has 6 heteroatoms. The highest BCUT2D eigenvalue weighted by Crippen LogP contribution is 2.34. The molecule has 170 valence electrons. The van der Waals surface area contributed by atoms with Gasteiger partial charge < -0.3 is 15.0 Å². The molecule has 0 unspecified atom stereocenters. The number of rotatable bonds is 8. The zero-order chi connectivity index (χ0) is 23.2. The smallest absolute Gasteiger partial charge is 0.227 e. The Morgan fingerprint density at radius 2 is 2.00 bits per heavy atom. The number of aryl methyl sites for hydroxylation is 1. The number of piperidine rings is 1. The molecular formula is C27H30N4O2. The normalized spacial score (nSPS) is 13.5. The lowest BCUT2D eigenvalue weighted by Crippen LogP contribution is -2.29. The molecule has 0 atom stereocenters. The molecule has 0 bridgehead atoms. The van der Waals surface area contributed by atoms with Gasteiger partial charge >= 0.3 is 0 Å². The maximum Gasteiger partial charge on any atom is 0.227 e. The molecule has 2 heterocycles. The number of nitrogens with zero attached hydrogens (tertiary/aromatic N) is 3. The van der Waals surface area contributed by atoms with Crippen molar-refractivity contribution in [2.45, 2.75) is 32.6 Å². The van der Waals surface area contributed by atoms with Gasteiger partial charge in [-0.25, -0.2) is 9.97 Å². The van der Waals surface area contributed by atoms with Crippen LogP contribution < -0.4 is 15.0 Å². The highest BCUT2D eigenvalue weighted by Gasteiger charge is 2.16. The summed E-state index contributed by atoms with van der Waals surface area (Å²) >= 11 is 0. The van der Waals surface area contributed by atoms with Crippen LogP contribution >= 0.6 is 0 Å². The number of hydrogen-bond donors (Lipinski definition) is 1. The van der Waals surface area contributed by atoms with Gasteiger partial charge in [-0.05, 0) is 67.7 Å². The van der Waals surface area contributed by atoms with Crippen LogP contribution in [0.1, 0.15) is 30.4 Å². The van der Waals surface area contributed by atoms with Gasteiger partial charge in [0.05, 0.1) is 18.5 Å². The van der Waals surface area contributed by atoms with Crippen molar-refractivity contribution in [3.63, 3.8) is 0 Å². The molecule has 33 heavy (non-hydrogen) atoms. The van der Waals surface area contributed by atoms with Gasteiger partial charge in [0.2, 0.25) is 5.95 Å². The van der Waals surface area contributed by atoms with E-state index in [4.69, 9.17) is 9.72 Å². The van der Waals surface area contributed by atoms with Crippen LogP contribution in [0.25, 0.3) is 11.3 Å². The number of hydrogen-bond acceptors (Lipinski definition) is 6. The molecule has 0 saturated carbocycles. The fraction of sp³-hybridized carbons (Fsp3) is 0.296. The van der Waals surface area contributed by atoms with Gasteiger partial charge in [0, 0.05) is 37.0 Å². The summed E-state index contributed by atoms with van der Waals surface area (Å²) in [6.45, 7) is 7.62. The molecule has 1 aromatic heterocycles. The van der Waals surface area contributed by atoms with E-state index in [1.54, 1.807) is 7.11 Å². The second-order valence-corrected chi connectivity index (χ2v) is 8.33. The predicted molar refractivity (Wildman–Crippen MR) is 133 cm³/mol. The Labute approximate surface area is 195 Å². The van der Waals surface area contributed by atoms with E-state index in [0.717, 1.165) is 52.6 Å². The second-order valence-electron chi connectivity index (χ2n) is 8.33. The number of benzene rings is 2. The van der Waals surface area contributed by atoms with Gasteiger partial charge in [-0.15, -0.1) is 0 Å². The highest BCUT2D eigenvalue weighted by molar-refractivity contribution is 5.91. The molecule has 4 rings (SSSR count). The van der Waals surface area contributed by atoms with Crippen LogP contribution in [0.2, 0.25) is 0 Å². The van der Waals surface area contributed by atoms with E-state index in [1.807, 2.05) is 49.5 Å². The summed E-state index contributed by atoms with van der Waals surface area (Å²) in [6, 6.07) is 14.0. The van der Waals surface area contributed by atoms with Crippen LogP contribution in [-0.4, -0.2) is 36.0 Å². The van der Waals surface area contributed by atoms with E-state index >= 15 is 0 Å². The van der Waals surface area contributed by atoms with Crippen LogP contribution in [0.4, 0.5) is 17.3 Å². The minimum Gasteiger partial charge on any atom is -0.495 e. The molecule has 1 aliphatic heterocycles. The summed E-state index contributed by atoms with van der Waals surface area (Å²) in [4.78, 5) is 23.4. The standard InChI is InChI=1S/C27H30N4O2/c1-4-23(32)16-20-9-8-10-21(15-20)26-19(2)18-28-27(30-26)29-22-11-12-25(33-3)24(17-22)31-13-6-5-7-14-31/h4,8-12,15,17-18H,1,5-7,13-14,16H2,2-3H3,(H,28,29,30). The molecule has 0 aliphatic carbocycles.